The van der Waals surface area contributed by atoms with Gasteiger partial charge in [0.25, 0.3) is 0 Å². The Morgan fingerprint density at radius 3 is 1.37 bits per heavy atom. The van der Waals surface area contributed by atoms with Crippen molar-refractivity contribution in [3.05, 3.63) is 194 Å². The van der Waals surface area contributed by atoms with Crippen LogP contribution in [0.4, 0.5) is 0 Å². The molecule has 12 rings (SSSR count). The van der Waals surface area contributed by atoms with Crippen molar-refractivity contribution in [3.8, 4) is 56.1 Å². The quantitative estimate of drug-likeness (QED) is 0.169. The third-order valence-electron chi connectivity index (χ3n) is 11.2. The third kappa shape index (κ3) is 5.55. The second-order valence-electron chi connectivity index (χ2n) is 14.7. The number of fused-ring (bicyclic) bond motifs is 7. The summed E-state index contributed by atoms with van der Waals surface area (Å²) in [6, 6.07) is 68.1. The minimum Gasteiger partial charge on any atom is -0.309 e. The number of benzene rings is 8. The summed E-state index contributed by atoms with van der Waals surface area (Å²) in [5.74, 6) is 1.89. The van der Waals surface area contributed by atoms with Gasteiger partial charge < -0.3 is 9.13 Å². The molecule has 12 aromatic rings. The van der Waals surface area contributed by atoms with Crippen molar-refractivity contribution in [2.45, 2.75) is 0 Å². The fourth-order valence-electron chi connectivity index (χ4n) is 8.45. The van der Waals surface area contributed by atoms with Crippen molar-refractivity contribution in [2.75, 3.05) is 0 Å². The lowest BCUT2D eigenvalue weighted by Crippen LogP contribution is -2.00. The van der Waals surface area contributed by atoms with Gasteiger partial charge in [-0.15, -0.1) is 11.3 Å². The van der Waals surface area contributed by atoms with E-state index in [4.69, 9.17) is 19.9 Å². The van der Waals surface area contributed by atoms with Crippen LogP contribution in [0.25, 0.3) is 110 Å². The Hall–Kier alpha value is -7.74. The number of para-hydroxylation sites is 3. The fraction of sp³-hybridized carbons (Fsp3) is 0. The van der Waals surface area contributed by atoms with Gasteiger partial charge in [-0.2, -0.15) is 0 Å². The zero-order valence-corrected chi connectivity index (χ0v) is 32.4. The van der Waals surface area contributed by atoms with Gasteiger partial charge in [0.15, 0.2) is 17.5 Å². The van der Waals surface area contributed by atoms with Gasteiger partial charge >= 0.3 is 0 Å². The lowest BCUT2D eigenvalue weighted by atomic mass is 10.1. The Labute approximate surface area is 343 Å². The van der Waals surface area contributed by atoms with Crippen LogP contribution in [0.5, 0.6) is 0 Å². The maximum absolute atomic E-state index is 5.15. The predicted molar refractivity (Wildman–Crippen MR) is 243 cm³/mol. The van der Waals surface area contributed by atoms with E-state index in [1.165, 1.54) is 43.6 Å². The van der Waals surface area contributed by atoms with Crippen molar-refractivity contribution < 1.29 is 0 Å². The van der Waals surface area contributed by atoms with Crippen LogP contribution in [0.3, 0.4) is 0 Å². The second-order valence-corrected chi connectivity index (χ2v) is 15.7. The van der Waals surface area contributed by atoms with Crippen LogP contribution in [-0.2, 0) is 0 Å². The minimum atomic E-state index is 0.617. The Morgan fingerprint density at radius 2 is 0.797 bits per heavy atom. The summed E-state index contributed by atoms with van der Waals surface area (Å²) in [7, 11) is 0. The first-order chi connectivity index (χ1) is 29.2. The van der Waals surface area contributed by atoms with E-state index in [1.54, 1.807) is 11.3 Å². The van der Waals surface area contributed by atoms with Crippen LogP contribution in [-0.4, -0.2) is 29.1 Å². The summed E-state index contributed by atoms with van der Waals surface area (Å²) >= 11 is 1.69. The van der Waals surface area contributed by atoms with Crippen LogP contribution in [0.1, 0.15) is 0 Å². The number of nitrogens with zero attached hydrogens (tertiary/aromatic N) is 6. The molecule has 0 unspecified atom stereocenters. The molecule has 4 aromatic heterocycles. The zero-order chi connectivity index (χ0) is 38.9. The molecule has 0 aliphatic rings. The van der Waals surface area contributed by atoms with Gasteiger partial charge in [-0.25, -0.2) is 19.9 Å². The van der Waals surface area contributed by atoms with Gasteiger partial charge in [-0.1, -0.05) is 115 Å². The number of rotatable bonds is 6. The molecule has 7 heteroatoms. The average Bonchev–Trinajstić information content (AvgIpc) is 3.99. The van der Waals surface area contributed by atoms with E-state index >= 15 is 0 Å². The Balaban J connectivity index is 0.949. The SMILES string of the molecule is c1ccc(-c2nc(-c3ccccc3)nc(-c3ccc4sc(-c5ccc(-n6c7ccccc7c7cc8c9ccccc9n(-c9ccccc9)c8cc76)cc5)nc4c3)n2)cc1. The molecule has 0 atom stereocenters. The maximum atomic E-state index is 5.15. The molecule has 0 radical (unpaired) electrons. The molecule has 4 heterocycles. The van der Waals surface area contributed by atoms with Gasteiger partial charge in [0.2, 0.25) is 0 Å². The molecule has 0 fully saturated rings. The summed E-state index contributed by atoms with van der Waals surface area (Å²) in [6.45, 7) is 0. The third-order valence-corrected chi connectivity index (χ3v) is 12.3. The van der Waals surface area contributed by atoms with Gasteiger partial charge in [0, 0.05) is 55.2 Å². The van der Waals surface area contributed by atoms with Crippen LogP contribution in [0, 0.1) is 0 Å². The summed E-state index contributed by atoms with van der Waals surface area (Å²) in [5.41, 5.74) is 11.7. The molecule has 276 valence electrons. The van der Waals surface area contributed by atoms with E-state index in [9.17, 15) is 0 Å². The molecule has 8 aromatic carbocycles. The first-order valence-corrected chi connectivity index (χ1v) is 20.5. The molecular weight excluding hydrogens is 741 g/mol. The number of aromatic nitrogens is 6. The van der Waals surface area contributed by atoms with Crippen LogP contribution < -0.4 is 0 Å². The Morgan fingerprint density at radius 1 is 0.322 bits per heavy atom. The first kappa shape index (κ1) is 33.4. The molecule has 6 nitrogen and oxygen atoms in total. The summed E-state index contributed by atoms with van der Waals surface area (Å²) < 4.78 is 5.89. The molecule has 0 saturated heterocycles. The van der Waals surface area contributed by atoms with Crippen molar-refractivity contribution in [2.24, 2.45) is 0 Å². The van der Waals surface area contributed by atoms with E-state index in [0.717, 1.165) is 48.9 Å². The van der Waals surface area contributed by atoms with E-state index in [1.807, 2.05) is 60.7 Å². The smallest absolute Gasteiger partial charge is 0.164 e. The van der Waals surface area contributed by atoms with E-state index in [2.05, 4.69) is 143 Å². The molecule has 0 N–H and O–H groups in total. The van der Waals surface area contributed by atoms with Crippen molar-refractivity contribution in [1.29, 1.82) is 0 Å². The van der Waals surface area contributed by atoms with E-state index in [0.29, 0.717) is 17.5 Å². The monoisotopic (exact) mass is 772 g/mol. The summed E-state index contributed by atoms with van der Waals surface area (Å²) in [4.78, 5) is 19.9. The summed E-state index contributed by atoms with van der Waals surface area (Å²) in [5, 5.41) is 5.93. The van der Waals surface area contributed by atoms with Crippen molar-refractivity contribution in [3.63, 3.8) is 0 Å². The summed E-state index contributed by atoms with van der Waals surface area (Å²) in [6.07, 6.45) is 0. The topological polar surface area (TPSA) is 61.4 Å². The lowest BCUT2D eigenvalue weighted by molar-refractivity contribution is 1.07. The Bertz CT molecular complexity index is 3480. The molecule has 0 saturated carbocycles. The highest BCUT2D eigenvalue weighted by Gasteiger charge is 2.19. The number of hydrogen-bond donors (Lipinski definition) is 0. The highest BCUT2D eigenvalue weighted by atomic mass is 32.1. The molecule has 0 aliphatic carbocycles. The van der Waals surface area contributed by atoms with Crippen LogP contribution >= 0.6 is 11.3 Å². The molecule has 0 aliphatic heterocycles. The zero-order valence-electron chi connectivity index (χ0n) is 31.6. The standard InChI is InChI=1S/C52H32N6S/c1-4-14-33(15-5-1)49-54-50(34-16-6-2-7-17-34)56-51(55-49)36-26-29-48-43(30-36)53-52(59-48)35-24-27-38(28-25-35)58-45-23-13-11-21-40(45)42-31-41-39-20-10-12-22-44(39)57(46(41)32-47(42)58)37-18-8-3-9-19-37/h1-32H. The van der Waals surface area contributed by atoms with E-state index < -0.39 is 0 Å². The number of thiazole rings is 1. The van der Waals surface area contributed by atoms with Crippen molar-refractivity contribution >= 4 is 65.2 Å². The number of hydrogen-bond acceptors (Lipinski definition) is 5. The molecule has 0 bridgehead atoms. The minimum absolute atomic E-state index is 0.617. The van der Waals surface area contributed by atoms with Crippen LogP contribution in [0.2, 0.25) is 0 Å². The van der Waals surface area contributed by atoms with E-state index in [-0.39, 0.29) is 0 Å². The molecule has 59 heavy (non-hydrogen) atoms. The molecule has 0 spiro atoms. The largest absolute Gasteiger partial charge is 0.309 e. The predicted octanol–water partition coefficient (Wildman–Crippen LogP) is 13.3. The average molecular weight is 773 g/mol. The highest BCUT2D eigenvalue weighted by molar-refractivity contribution is 7.21. The fourth-order valence-corrected chi connectivity index (χ4v) is 9.40. The molecule has 0 amide bonds. The second kappa shape index (κ2) is 13.4. The lowest BCUT2D eigenvalue weighted by Gasteiger charge is -2.10. The highest BCUT2D eigenvalue weighted by Crippen LogP contribution is 2.40. The van der Waals surface area contributed by atoms with Gasteiger partial charge in [-0.3, -0.25) is 0 Å². The van der Waals surface area contributed by atoms with Gasteiger partial charge in [0.1, 0.15) is 5.01 Å². The van der Waals surface area contributed by atoms with Gasteiger partial charge in [-0.05, 0) is 78.9 Å². The molecular formula is C52H32N6S. The maximum Gasteiger partial charge on any atom is 0.164 e. The van der Waals surface area contributed by atoms with Crippen molar-refractivity contribution in [1.82, 2.24) is 29.1 Å². The first-order valence-electron chi connectivity index (χ1n) is 19.6. The normalized spacial score (nSPS) is 11.7. The van der Waals surface area contributed by atoms with Gasteiger partial charge in [0.05, 0.1) is 32.3 Å². The van der Waals surface area contributed by atoms with Crippen LogP contribution in [0.15, 0.2) is 194 Å². The Kier molecular flexibility index (Phi) is 7.61.